The first-order chi connectivity index (χ1) is 16.2. The Balaban J connectivity index is 1.90. The molecule has 3 rings (SSSR count). The molecule has 1 aromatic heterocycles. The molecule has 2 aromatic rings. The quantitative estimate of drug-likeness (QED) is 0.163. The molecule has 9 nitrogen and oxygen atoms in total. The summed E-state index contributed by atoms with van der Waals surface area (Å²) in [6.45, 7) is 8.06. The average molecular weight is 491 g/mol. The molecule has 1 atom stereocenters. The van der Waals surface area contributed by atoms with Gasteiger partial charge in [0.1, 0.15) is 18.7 Å². The first-order valence-electron chi connectivity index (χ1n) is 11.0. The van der Waals surface area contributed by atoms with Crippen LogP contribution in [0, 0.1) is 5.82 Å². The number of aromatic nitrogens is 2. The van der Waals surface area contributed by atoms with E-state index in [1.165, 1.54) is 35.2 Å². The van der Waals surface area contributed by atoms with Gasteiger partial charge in [0.2, 0.25) is 0 Å². The van der Waals surface area contributed by atoms with E-state index >= 15 is 0 Å². The Morgan fingerprint density at radius 2 is 2.12 bits per heavy atom. The Morgan fingerprint density at radius 3 is 2.79 bits per heavy atom. The molecule has 0 spiro atoms. The van der Waals surface area contributed by atoms with Crippen LogP contribution in [0.2, 0.25) is 25.7 Å². The molecule has 1 aliphatic heterocycles. The van der Waals surface area contributed by atoms with E-state index in [9.17, 15) is 14.3 Å². The van der Waals surface area contributed by atoms with Crippen LogP contribution in [-0.2, 0) is 19.0 Å². The molecule has 0 amide bonds. The van der Waals surface area contributed by atoms with Crippen molar-refractivity contribution in [2.75, 3.05) is 26.6 Å². The number of benzene rings is 1. The van der Waals surface area contributed by atoms with E-state index in [2.05, 4.69) is 29.7 Å². The molecule has 1 fully saturated rings. The second-order valence-electron chi connectivity index (χ2n) is 9.04. The summed E-state index contributed by atoms with van der Waals surface area (Å²) in [4.78, 5) is 15.4. The van der Waals surface area contributed by atoms with Crippen LogP contribution in [0.15, 0.2) is 47.2 Å². The fourth-order valence-corrected chi connectivity index (χ4v) is 4.05. The van der Waals surface area contributed by atoms with Gasteiger partial charge < -0.3 is 25.1 Å². The van der Waals surface area contributed by atoms with Gasteiger partial charge in [-0.25, -0.2) is 9.07 Å². The summed E-state index contributed by atoms with van der Waals surface area (Å²) >= 11 is 0. The number of carbonyl (C=O) groups is 1. The molecule has 1 unspecified atom stereocenters. The number of nitrogens with zero attached hydrogens (tertiary/aromatic N) is 3. The van der Waals surface area contributed by atoms with Crippen LogP contribution in [-0.4, -0.2) is 61.5 Å². The minimum atomic E-state index is -1.29. The van der Waals surface area contributed by atoms with Gasteiger partial charge in [0.15, 0.2) is 12.6 Å². The van der Waals surface area contributed by atoms with Crippen molar-refractivity contribution in [3.8, 4) is 5.69 Å². The van der Waals surface area contributed by atoms with Crippen LogP contribution >= 0.6 is 0 Å². The van der Waals surface area contributed by atoms with Crippen LogP contribution in [0.4, 0.5) is 4.39 Å². The second kappa shape index (κ2) is 11.6. The van der Waals surface area contributed by atoms with Gasteiger partial charge in [0.05, 0.1) is 36.0 Å². The normalized spacial score (nSPS) is 16.7. The van der Waals surface area contributed by atoms with Crippen molar-refractivity contribution in [2.45, 2.75) is 38.1 Å². The maximum Gasteiger partial charge on any atom is 0.186 e. The molecule has 0 saturated carbocycles. The number of allylic oxidation sites excluding steroid dienone is 1. The van der Waals surface area contributed by atoms with E-state index in [0.717, 1.165) is 6.04 Å². The Labute approximate surface area is 199 Å². The van der Waals surface area contributed by atoms with Crippen LogP contribution in [0.3, 0.4) is 0 Å². The fraction of sp³-hybridized carbons (Fsp3) is 0.435. The molecule has 1 aromatic carbocycles. The molecule has 3 N–H and O–H groups in total. The Hall–Kier alpha value is -2.70. The van der Waals surface area contributed by atoms with Crippen molar-refractivity contribution in [2.24, 2.45) is 10.7 Å². The average Bonchev–Trinajstić information content (AvgIpc) is 3.49. The number of aliphatic hydroxyl groups is 1. The van der Waals surface area contributed by atoms with Gasteiger partial charge in [-0.3, -0.25) is 9.79 Å². The summed E-state index contributed by atoms with van der Waals surface area (Å²) in [6, 6.07) is 6.70. The third-order valence-electron chi connectivity index (χ3n) is 5.11. The highest BCUT2D eigenvalue weighted by atomic mass is 28.3. The summed E-state index contributed by atoms with van der Waals surface area (Å²) in [5, 5.41) is 15.5. The second-order valence-corrected chi connectivity index (χ2v) is 14.7. The van der Waals surface area contributed by atoms with E-state index in [1.807, 2.05) is 0 Å². The monoisotopic (exact) mass is 490 g/mol. The number of ether oxygens (including phenoxy) is 3. The SMILES string of the molecule is C[Si](C)(C)CCOCN=C(C=C(N)C=O)C(O)c1ccnn1-c1ccc(F)cc1C1OCCO1. The molecule has 34 heavy (non-hydrogen) atoms. The van der Waals surface area contributed by atoms with E-state index in [4.69, 9.17) is 19.9 Å². The molecule has 2 heterocycles. The number of hydrogen-bond acceptors (Lipinski definition) is 8. The standard InChI is InChI=1S/C23H31FN4O5Si/c1-34(2,3)11-10-31-15-26-19(13-17(25)14-29)22(30)21-6-7-27-28(21)20-5-4-16(24)12-18(20)23-32-8-9-33-23/h4-7,12-14,22-23,30H,8-11,15,25H2,1-3H3. The Morgan fingerprint density at radius 1 is 1.38 bits per heavy atom. The molecule has 0 bridgehead atoms. The Bertz CT molecular complexity index is 1040. The maximum atomic E-state index is 14.0. The smallest absolute Gasteiger partial charge is 0.186 e. The lowest BCUT2D eigenvalue weighted by Gasteiger charge is -2.19. The largest absolute Gasteiger partial charge is 0.396 e. The van der Waals surface area contributed by atoms with Crippen LogP contribution in [0.5, 0.6) is 0 Å². The lowest BCUT2D eigenvalue weighted by Crippen LogP contribution is -2.22. The molecule has 0 radical (unpaired) electrons. The third-order valence-corrected chi connectivity index (χ3v) is 6.82. The zero-order valence-electron chi connectivity index (χ0n) is 19.6. The van der Waals surface area contributed by atoms with Crippen molar-refractivity contribution < 1.29 is 28.5 Å². The highest BCUT2D eigenvalue weighted by Gasteiger charge is 2.26. The minimum absolute atomic E-state index is 0.000794. The van der Waals surface area contributed by atoms with Crippen molar-refractivity contribution >= 4 is 20.1 Å². The fourth-order valence-electron chi connectivity index (χ4n) is 3.30. The number of rotatable bonds is 11. The summed E-state index contributed by atoms with van der Waals surface area (Å²) in [5.74, 6) is -0.452. The van der Waals surface area contributed by atoms with Crippen LogP contribution < -0.4 is 5.73 Å². The molecule has 184 valence electrons. The van der Waals surface area contributed by atoms with Gasteiger partial charge in [-0.15, -0.1) is 0 Å². The number of carbonyl (C=O) groups excluding carboxylic acids is 1. The zero-order chi connectivity index (χ0) is 24.7. The summed E-state index contributed by atoms with van der Waals surface area (Å²) in [5.41, 5.74) is 6.98. The first-order valence-corrected chi connectivity index (χ1v) is 14.7. The summed E-state index contributed by atoms with van der Waals surface area (Å²) in [7, 11) is -1.26. The van der Waals surface area contributed by atoms with Gasteiger partial charge in [0, 0.05) is 26.4 Å². The lowest BCUT2D eigenvalue weighted by atomic mass is 10.1. The predicted molar refractivity (Wildman–Crippen MR) is 128 cm³/mol. The third kappa shape index (κ3) is 6.90. The maximum absolute atomic E-state index is 14.0. The molecular formula is C23H31FN4O5Si. The molecule has 1 saturated heterocycles. The van der Waals surface area contributed by atoms with Crippen molar-refractivity contribution in [3.05, 3.63) is 59.3 Å². The number of hydrogen-bond donors (Lipinski definition) is 2. The van der Waals surface area contributed by atoms with Gasteiger partial charge in [0.25, 0.3) is 0 Å². The minimum Gasteiger partial charge on any atom is -0.396 e. The van der Waals surface area contributed by atoms with Gasteiger partial charge >= 0.3 is 0 Å². The van der Waals surface area contributed by atoms with Gasteiger partial charge in [-0.1, -0.05) is 19.6 Å². The highest BCUT2D eigenvalue weighted by Crippen LogP contribution is 2.31. The molecule has 1 aliphatic rings. The Kier molecular flexibility index (Phi) is 8.86. The van der Waals surface area contributed by atoms with Gasteiger partial charge in [-0.2, -0.15) is 5.10 Å². The number of aldehydes is 1. The van der Waals surface area contributed by atoms with Crippen molar-refractivity contribution in [1.82, 2.24) is 9.78 Å². The number of aliphatic imine (C=N–C) groups is 1. The molecular weight excluding hydrogens is 459 g/mol. The lowest BCUT2D eigenvalue weighted by molar-refractivity contribution is -0.104. The number of halogens is 1. The summed E-state index contributed by atoms with van der Waals surface area (Å²) < 4.78 is 32.2. The van der Waals surface area contributed by atoms with Crippen molar-refractivity contribution in [3.63, 3.8) is 0 Å². The topological polar surface area (TPSA) is 121 Å². The number of nitrogens with two attached hydrogens (primary N) is 1. The van der Waals surface area contributed by atoms with E-state index in [-0.39, 0.29) is 18.1 Å². The molecule has 0 aliphatic carbocycles. The first kappa shape index (κ1) is 25.9. The van der Waals surface area contributed by atoms with Crippen LogP contribution in [0.1, 0.15) is 23.7 Å². The van der Waals surface area contributed by atoms with Crippen molar-refractivity contribution in [1.29, 1.82) is 0 Å². The van der Waals surface area contributed by atoms with E-state index in [0.29, 0.717) is 43.1 Å². The van der Waals surface area contributed by atoms with Crippen LogP contribution in [0.25, 0.3) is 5.69 Å². The van der Waals surface area contributed by atoms with E-state index < -0.39 is 26.3 Å². The molecule has 11 heteroatoms. The van der Waals surface area contributed by atoms with E-state index in [1.54, 1.807) is 6.07 Å². The summed E-state index contributed by atoms with van der Waals surface area (Å²) in [6.07, 6.45) is 1.23. The zero-order valence-corrected chi connectivity index (χ0v) is 20.6. The predicted octanol–water partition coefficient (Wildman–Crippen LogP) is 2.89. The highest BCUT2D eigenvalue weighted by molar-refractivity contribution is 6.76. The number of aliphatic hydroxyl groups excluding tert-OH is 1. The van der Waals surface area contributed by atoms with Gasteiger partial charge in [-0.05, 0) is 36.4 Å².